The van der Waals surface area contributed by atoms with E-state index in [4.69, 9.17) is 22.1 Å². The molecule has 4 N–H and O–H groups in total. The molecule has 5 rings (SSSR count). The maximum absolute atomic E-state index is 13.6. The van der Waals surface area contributed by atoms with Crippen LogP contribution in [0.4, 0.5) is 5.69 Å². The van der Waals surface area contributed by atoms with Gasteiger partial charge in [0.25, 0.3) is 0 Å². The molecule has 0 aromatic heterocycles. The van der Waals surface area contributed by atoms with E-state index in [0.29, 0.717) is 22.9 Å². The van der Waals surface area contributed by atoms with Crippen molar-refractivity contribution < 1.29 is 23.9 Å². The highest BCUT2D eigenvalue weighted by atomic mass is 35.5. The summed E-state index contributed by atoms with van der Waals surface area (Å²) in [5.74, 6) is -3.38. The number of benzene rings is 1. The number of primary amides is 1. The third-order valence-electron chi connectivity index (χ3n) is 6.90. The standard InChI is InChI=1S/C21H23ClN4O5/c22-12-5-1-4-11-17(12)24-20(30)21(11)16-15(13(25-21)6-7-14(23)27)18(28)26(19(16)29)9-10-3-2-8-31-10/h1,4-5,10,13,15-16,25H,2-3,6-9H2,(H2,23,27)(H,24,30)/t10-,13-,15-,16+,21+/m0/s1. The zero-order valence-electron chi connectivity index (χ0n) is 16.7. The smallest absolute Gasteiger partial charge is 0.250 e. The predicted octanol–water partition coefficient (Wildman–Crippen LogP) is 0.505. The average Bonchev–Trinajstić information content (AvgIpc) is 3.47. The lowest BCUT2D eigenvalue weighted by molar-refractivity contribution is -0.144. The number of likely N-dealkylation sites (tertiary alicyclic amines) is 1. The van der Waals surface area contributed by atoms with Crippen molar-refractivity contribution in [2.24, 2.45) is 17.6 Å². The van der Waals surface area contributed by atoms with Crippen LogP contribution < -0.4 is 16.4 Å². The van der Waals surface area contributed by atoms with Gasteiger partial charge in [-0.25, -0.2) is 0 Å². The fourth-order valence-corrected chi connectivity index (χ4v) is 5.79. The lowest BCUT2D eigenvalue weighted by atomic mass is 9.76. The van der Waals surface area contributed by atoms with E-state index in [2.05, 4.69) is 10.6 Å². The summed E-state index contributed by atoms with van der Waals surface area (Å²) in [6, 6.07) is 4.55. The number of hydrogen-bond acceptors (Lipinski definition) is 6. The Hall–Kier alpha value is -2.49. The Kier molecular flexibility index (Phi) is 4.80. The van der Waals surface area contributed by atoms with Crippen LogP contribution in [0.15, 0.2) is 18.2 Å². The fourth-order valence-electron chi connectivity index (χ4n) is 5.57. The molecule has 4 heterocycles. The molecule has 0 radical (unpaired) electrons. The van der Waals surface area contributed by atoms with E-state index in [-0.39, 0.29) is 31.4 Å². The first-order valence-corrected chi connectivity index (χ1v) is 10.9. The summed E-state index contributed by atoms with van der Waals surface area (Å²) in [4.78, 5) is 52.9. The van der Waals surface area contributed by atoms with Crippen molar-refractivity contribution in [3.8, 4) is 0 Å². The number of imide groups is 1. The van der Waals surface area contributed by atoms with E-state index in [1.54, 1.807) is 18.2 Å². The van der Waals surface area contributed by atoms with Gasteiger partial charge in [-0.05, 0) is 25.3 Å². The Morgan fingerprint density at radius 1 is 1.29 bits per heavy atom. The van der Waals surface area contributed by atoms with Crippen LogP contribution >= 0.6 is 11.6 Å². The van der Waals surface area contributed by atoms with Crippen molar-refractivity contribution >= 4 is 40.9 Å². The maximum atomic E-state index is 13.6. The number of ether oxygens (including phenoxy) is 1. The van der Waals surface area contributed by atoms with Gasteiger partial charge in [0.2, 0.25) is 23.6 Å². The molecule has 5 atom stereocenters. The number of rotatable bonds is 5. The van der Waals surface area contributed by atoms with E-state index in [1.165, 1.54) is 4.90 Å². The molecule has 0 aliphatic carbocycles. The minimum atomic E-state index is -1.43. The SMILES string of the molecule is NC(=O)CC[C@@H]1N[C@@]2(C(=O)Nc3c(Cl)cccc32)[C@H]2C(=O)N(C[C@@H]3CCCO3)C(=O)[C@@H]12. The lowest BCUT2D eigenvalue weighted by Gasteiger charge is -2.30. The Bertz CT molecular complexity index is 994. The van der Waals surface area contributed by atoms with Crippen molar-refractivity contribution in [1.29, 1.82) is 0 Å². The van der Waals surface area contributed by atoms with Gasteiger partial charge in [-0.15, -0.1) is 0 Å². The Labute approximate surface area is 183 Å². The van der Waals surface area contributed by atoms with Gasteiger partial charge in [0.15, 0.2) is 0 Å². The van der Waals surface area contributed by atoms with E-state index < -0.39 is 41.1 Å². The van der Waals surface area contributed by atoms with Crippen LogP contribution in [0.25, 0.3) is 0 Å². The highest BCUT2D eigenvalue weighted by molar-refractivity contribution is 6.35. The summed E-state index contributed by atoms with van der Waals surface area (Å²) in [6.07, 6.45) is 1.75. The first-order valence-electron chi connectivity index (χ1n) is 10.5. The third-order valence-corrected chi connectivity index (χ3v) is 7.22. The second kappa shape index (κ2) is 7.29. The Morgan fingerprint density at radius 2 is 2.10 bits per heavy atom. The molecule has 3 fully saturated rings. The van der Waals surface area contributed by atoms with Gasteiger partial charge in [0.05, 0.1) is 35.2 Å². The lowest BCUT2D eigenvalue weighted by Crippen LogP contribution is -2.53. The van der Waals surface area contributed by atoms with Crippen LogP contribution in [0.5, 0.6) is 0 Å². The minimum absolute atomic E-state index is 0.0359. The second-order valence-corrected chi connectivity index (χ2v) is 9.01. The molecule has 0 unspecified atom stereocenters. The highest BCUT2D eigenvalue weighted by Gasteiger charge is 2.70. The highest BCUT2D eigenvalue weighted by Crippen LogP contribution is 2.54. The number of amides is 4. The summed E-state index contributed by atoms with van der Waals surface area (Å²) in [5, 5.41) is 6.40. The van der Waals surface area contributed by atoms with Gasteiger partial charge in [0, 0.05) is 24.6 Å². The predicted molar refractivity (Wildman–Crippen MR) is 110 cm³/mol. The molecule has 4 amide bonds. The quantitative estimate of drug-likeness (QED) is 0.565. The first-order chi connectivity index (χ1) is 14.8. The normalized spacial score (nSPS) is 33.8. The van der Waals surface area contributed by atoms with Crippen molar-refractivity contribution in [3.05, 3.63) is 28.8 Å². The van der Waals surface area contributed by atoms with E-state index in [1.807, 2.05) is 0 Å². The van der Waals surface area contributed by atoms with Crippen molar-refractivity contribution in [1.82, 2.24) is 10.2 Å². The van der Waals surface area contributed by atoms with Crippen LogP contribution in [0, 0.1) is 11.8 Å². The molecule has 4 aliphatic rings. The summed E-state index contributed by atoms with van der Waals surface area (Å²) >= 11 is 6.30. The summed E-state index contributed by atoms with van der Waals surface area (Å²) in [5.41, 5.74) is 4.89. The third kappa shape index (κ3) is 2.90. The summed E-state index contributed by atoms with van der Waals surface area (Å²) in [7, 11) is 0. The second-order valence-electron chi connectivity index (χ2n) is 8.61. The maximum Gasteiger partial charge on any atom is 0.250 e. The summed E-state index contributed by atoms with van der Waals surface area (Å²) < 4.78 is 5.63. The van der Waals surface area contributed by atoms with E-state index in [0.717, 1.165) is 12.8 Å². The topological polar surface area (TPSA) is 131 Å². The van der Waals surface area contributed by atoms with Crippen LogP contribution in [-0.4, -0.2) is 53.8 Å². The molecule has 9 nitrogen and oxygen atoms in total. The van der Waals surface area contributed by atoms with Gasteiger partial charge in [0.1, 0.15) is 5.54 Å². The van der Waals surface area contributed by atoms with Gasteiger partial charge >= 0.3 is 0 Å². The Balaban J connectivity index is 1.57. The zero-order chi connectivity index (χ0) is 21.9. The number of nitrogens with two attached hydrogens (primary N) is 1. The molecular weight excluding hydrogens is 424 g/mol. The number of halogens is 1. The van der Waals surface area contributed by atoms with Crippen molar-refractivity contribution in [2.45, 2.75) is 43.4 Å². The van der Waals surface area contributed by atoms with E-state index >= 15 is 0 Å². The van der Waals surface area contributed by atoms with Crippen LogP contribution in [0.1, 0.15) is 31.2 Å². The average molecular weight is 447 g/mol. The number of carbonyl (C=O) groups excluding carboxylic acids is 4. The number of nitrogens with zero attached hydrogens (tertiary/aromatic N) is 1. The molecule has 164 valence electrons. The molecule has 0 bridgehead atoms. The van der Waals surface area contributed by atoms with Crippen LogP contribution in [0.3, 0.4) is 0 Å². The molecular formula is C21H23ClN4O5. The molecule has 1 aromatic rings. The summed E-state index contributed by atoms with van der Waals surface area (Å²) in [6.45, 7) is 0.780. The number of nitrogens with one attached hydrogen (secondary N) is 2. The van der Waals surface area contributed by atoms with Crippen LogP contribution in [0.2, 0.25) is 5.02 Å². The fraction of sp³-hybridized carbons (Fsp3) is 0.524. The number of fused-ring (bicyclic) bond motifs is 4. The molecule has 10 heteroatoms. The van der Waals surface area contributed by atoms with Gasteiger partial charge in [-0.2, -0.15) is 0 Å². The minimum Gasteiger partial charge on any atom is -0.376 e. The number of anilines is 1. The van der Waals surface area contributed by atoms with Crippen molar-refractivity contribution in [3.63, 3.8) is 0 Å². The first kappa shape index (κ1) is 20.4. The molecule has 3 saturated heterocycles. The molecule has 31 heavy (non-hydrogen) atoms. The van der Waals surface area contributed by atoms with Gasteiger partial charge in [-0.3, -0.25) is 29.4 Å². The van der Waals surface area contributed by atoms with Crippen LogP contribution in [-0.2, 0) is 29.5 Å². The zero-order valence-corrected chi connectivity index (χ0v) is 17.5. The molecule has 1 spiro atoms. The number of carbonyl (C=O) groups is 4. The molecule has 4 aliphatic heterocycles. The van der Waals surface area contributed by atoms with E-state index in [9.17, 15) is 19.2 Å². The molecule has 1 aromatic carbocycles. The number of hydrogen-bond donors (Lipinski definition) is 3. The number of para-hydroxylation sites is 1. The van der Waals surface area contributed by atoms with Gasteiger partial charge in [-0.1, -0.05) is 23.7 Å². The Morgan fingerprint density at radius 3 is 2.81 bits per heavy atom. The van der Waals surface area contributed by atoms with Gasteiger partial charge < -0.3 is 15.8 Å². The van der Waals surface area contributed by atoms with Crippen molar-refractivity contribution in [2.75, 3.05) is 18.5 Å². The molecule has 0 saturated carbocycles. The largest absolute Gasteiger partial charge is 0.376 e. The monoisotopic (exact) mass is 446 g/mol.